The monoisotopic (exact) mass is 458 g/mol. The highest BCUT2D eigenvalue weighted by molar-refractivity contribution is 9.10. The van der Waals surface area contributed by atoms with E-state index in [1.807, 2.05) is 0 Å². The second-order valence-electron chi connectivity index (χ2n) is 6.45. The van der Waals surface area contributed by atoms with Crippen LogP contribution < -0.4 is 5.32 Å². The minimum atomic E-state index is 0. The quantitative estimate of drug-likeness (QED) is 0.653. The number of phenols is 1. The highest BCUT2D eigenvalue weighted by atomic mass is 79.9. The predicted molar refractivity (Wildman–Crippen MR) is 109 cm³/mol. The molecule has 24 heavy (non-hydrogen) atoms. The van der Waals surface area contributed by atoms with Gasteiger partial charge in [-0.15, -0.1) is 24.8 Å². The summed E-state index contributed by atoms with van der Waals surface area (Å²) in [6.07, 6.45) is 6.44. The number of nitrogens with zero attached hydrogens (tertiary/aromatic N) is 1. The van der Waals surface area contributed by atoms with E-state index >= 15 is 0 Å². The number of rotatable bonds is 3. The first kappa shape index (κ1) is 22.3. The van der Waals surface area contributed by atoms with Crippen molar-refractivity contribution in [3.05, 3.63) is 27.2 Å². The van der Waals surface area contributed by atoms with Gasteiger partial charge in [-0.25, -0.2) is 0 Å². The van der Waals surface area contributed by atoms with Crippen molar-refractivity contribution in [3.63, 3.8) is 0 Å². The molecule has 0 unspecified atom stereocenters. The van der Waals surface area contributed by atoms with Crippen LogP contribution in [0.1, 0.15) is 43.7 Å². The van der Waals surface area contributed by atoms with Gasteiger partial charge < -0.3 is 10.4 Å². The van der Waals surface area contributed by atoms with Crippen molar-refractivity contribution >= 4 is 52.3 Å². The van der Waals surface area contributed by atoms with E-state index in [1.54, 1.807) is 6.07 Å². The highest BCUT2D eigenvalue weighted by Crippen LogP contribution is 2.44. The Labute approximate surface area is 170 Å². The van der Waals surface area contributed by atoms with Gasteiger partial charge in [-0.05, 0) is 30.9 Å². The van der Waals surface area contributed by atoms with Crippen LogP contribution in [0.4, 0.5) is 0 Å². The number of hydrogen-bond donors (Lipinski definition) is 2. The van der Waals surface area contributed by atoms with E-state index in [0.717, 1.165) is 36.2 Å². The van der Waals surface area contributed by atoms with Gasteiger partial charge in [0, 0.05) is 42.3 Å². The van der Waals surface area contributed by atoms with Gasteiger partial charge in [-0.3, -0.25) is 4.90 Å². The molecule has 7 heteroatoms. The molecule has 1 saturated carbocycles. The molecule has 0 bridgehead atoms. The molecule has 1 atom stereocenters. The van der Waals surface area contributed by atoms with Crippen LogP contribution in [0, 0.1) is 5.92 Å². The third-order valence-electron chi connectivity index (χ3n) is 5.02. The maximum absolute atomic E-state index is 10.6. The molecule has 3 rings (SSSR count). The van der Waals surface area contributed by atoms with Crippen LogP contribution in [-0.4, -0.2) is 36.2 Å². The molecule has 1 aliphatic carbocycles. The summed E-state index contributed by atoms with van der Waals surface area (Å²) >= 11 is 9.77. The van der Waals surface area contributed by atoms with Crippen LogP contribution in [0.3, 0.4) is 0 Å². The molecule has 0 aromatic heterocycles. The summed E-state index contributed by atoms with van der Waals surface area (Å²) in [4.78, 5) is 2.53. The zero-order valence-corrected chi connectivity index (χ0v) is 17.6. The Hall–Kier alpha value is 0.290. The minimum Gasteiger partial charge on any atom is -0.506 e. The third kappa shape index (κ3) is 5.15. The largest absolute Gasteiger partial charge is 0.506 e. The van der Waals surface area contributed by atoms with E-state index < -0.39 is 0 Å². The lowest BCUT2D eigenvalue weighted by molar-refractivity contribution is 0.101. The summed E-state index contributed by atoms with van der Waals surface area (Å²) in [5, 5.41) is 14.4. The molecule has 0 radical (unpaired) electrons. The standard InChI is InChI=1S/C17H24BrClN2O.2ClH/c18-13-10-14(17(22)15(19)11-13)16(12-4-2-1-3-5-12)21-8-6-20-7-9-21;;/h10-12,16,20,22H,1-9H2;2*1H/t16-;;/m1../s1. The van der Waals surface area contributed by atoms with Crippen LogP contribution in [-0.2, 0) is 0 Å². The average Bonchev–Trinajstić information content (AvgIpc) is 2.54. The molecule has 0 spiro atoms. The second kappa shape index (κ2) is 10.4. The molecular formula is C17H26BrCl3N2O. The number of halogens is 4. The SMILES string of the molecule is Cl.Cl.Oc1c(Cl)cc(Br)cc1[C@@H](C1CCCCC1)N1CCNCC1. The van der Waals surface area contributed by atoms with Gasteiger partial charge >= 0.3 is 0 Å². The van der Waals surface area contributed by atoms with Crippen molar-refractivity contribution in [1.82, 2.24) is 10.2 Å². The van der Waals surface area contributed by atoms with Gasteiger partial charge in [0.1, 0.15) is 5.75 Å². The average molecular weight is 461 g/mol. The summed E-state index contributed by atoms with van der Waals surface area (Å²) in [7, 11) is 0. The molecule has 1 heterocycles. The Kier molecular flexibility index (Phi) is 9.72. The molecule has 2 fully saturated rings. The first-order valence-corrected chi connectivity index (χ1v) is 9.46. The van der Waals surface area contributed by atoms with Crippen molar-refractivity contribution < 1.29 is 5.11 Å². The van der Waals surface area contributed by atoms with Crippen LogP contribution in [0.2, 0.25) is 5.02 Å². The van der Waals surface area contributed by atoms with Crippen molar-refractivity contribution in [2.45, 2.75) is 38.1 Å². The molecule has 1 saturated heterocycles. The van der Waals surface area contributed by atoms with Gasteiger partial charge in [-0.2, -0.15) is 0 Å². The number of piperazine rings is 1. The van der Waals surface area contributed by atoms with E-state index in [0.29, 0.717) is 10.9 Å². The Morgan fingerprint density at radius 2 is 1.75 bits per heavy atom. The first-order chi connectivity index (χ1) is 10.7. The maximum atomic E-state index is 10.6. The molecule has 2 aliphatic rings. The Morgan fingerprint density at radius 1 is 1.12 bits per heavy atom. The fourth-order valence-electron chi connectivity index (χ4n) is 3.97. The summed E-state index contributed by atoms with van der Waals surface area (Å²) in [5.74, 6) is 0.877. The van der Waals surface area contributed by atoms with Gasteiger partial charge in [0.15, 0.2) is 0 Å². The fraction of sp³-hybridized carbons (Fsp3) is 0.647. The van der Waals surface area contributed by atoms with E-state index in [2.05, 4.69) is 32.2 Å². The number of benzene rings is 1. The zero-order valence-electron chi connectivity index (χ0n) is 13.6. The smallest absolute Gasteiger partial charge is 0.139 e. The molecule has 3 nitrogen and oxygen atoms in total. The lowest BCUT2D eigenvalue weighted by Crippen LogP contribution is -2.47. The topological polar surface area (TPSA) is 35.5 Å². The maximum Gasteiger partial charge on any atom is 0.139 e. The highest BCUT2D eigenvalue weighted by Gasteiger charge is 2.33. The van der Waals surface area contributed by atoms with Gasteiger partial charge in [0.05, 0.1) is 5.02 Å². The molecule has 1 aliphatic heterocycles. The molecule has 0 amide bonds. The van der Waals surface area contributed by atoms with E-state index in [9.17, 15) is 5.11 Å². The summed E-state index contributed by atoms with van der Waals surface area (Å²) < 4.78 is 0.946. The lowest BCUT2D eigenvalue weighted by atomic mass is 9.80. The van der Waals surface area contributed by atoms with Gasteiger partial charge in [0.25, 0.3) is 0 Å². The molecule has 1 aromatic rings. The van der Waals surface area contributed by atoms with Crippen LogP contribution in [0.5, 0.6) is 5.75 Å². The third-order valence-corrected chi connectivity index (χ3v) is 5.76. The van der Waals surface area contributed by atoms with Crippen LogP contribution in [0.15, 0.2) is 16.6 Å². The second-order valence-corrected chi connectivity index (χ2v) is 7.78. The Bertz CT molecular complexity index is 503. The van der Waals surface area contributed by atoms with Crippen molar-refractivity contribution in [2.75, 3.05) is 26.2 Å². The number of phenolic OH excluding ortho intramolecular Hbond substituents is 1. The molecule has 2 N–H and O–H groups in total. The zero-order chi connectivity index (χ0) is 15.5. The number of aromatic hydroxyl groups is 1. The van der Waals surface area contributed by atoms with E-state index in [1.165, 1.54) is 32.1 Å². The lowest BCUT2D eigenvalue weighted by Gasteiger charge is -2.41. The molecule has 1 aromatic carbocycles. The Balaban J connectivity index is 0.00000144. The molecule has 138 valence electrons. The van der Waals surface area contributed by atoms with Gasteiger partial charge in [-0.1, -0.05) is 46.8 Å². The minimum absolute atomic E-state index is 0. The molecular weight excluding hydrogens is 434 g/mol. The number of nitrogens with one attached hydrogen (secondary N) is 1. The number of hydrogen-bond acceptors (Lipinski definition) is 3. The van der Waals surface area contributed by atoms with Crippen molar-refractivity contribution in [2.24, 2.45) is 5.92 Å². The normalized spacial score (nSPS) is 20.8. The Morgan fingerprint density at radius 3 is 2.38 bits per heavy atom. The van der Waals surface area contributed by atoms with Gasteiger partial charge in [0.2, 0.25) is 0 Å². The first-order valence-electron chi connectivity index (χ1n) is 8.29. The van der Waals surface area contributed by atoms with Crippen molar-refractivity contribution in [3.8, 4) is 5.75 Å². The summed E-state index contributed by atoms with van der Waals surface area (Å²) in [6, 6.07) is 4.11. The van der Waals surface area contributed by atoms with E-state index in [-0.39, 0.29) is 36.6 Å². The summed E-state index contributed by atoms with van der Waals surface area (Å²) in [5.41, 5.74) is 0.994. The fourth-order valence-corrected chi connectivity index (χ4v) is 4.80. The summed E-state index contributed by atoms with van der Waals surface area (Å²) in [6.45, 7) is 4.10. The van der Waals surface area contributed by atoms with Crippen LogP contribution in [0.25, 0.3) is 0 Å². The van der Waals surface area contributed by atoms with Crippen molar-refractivity contribution in [1.29, 1.82) is 0 Å². The van der Waals surface area contributed by atoms with E-state index in [4.69, 9.17) is 11.6 Å². The predicted octanol–water partition coefficient (Wildman–Crippen LogP) is 5.18. The van der Waals surface area contributed by atoms with Crippen LogP contribution >= 0.6 is 52.3 Å².